The van der Waals surface area contributed by atoms with Crippen molar-refractivity contribution in [1.29, 1.82) is 0 Å². The Bertz CT molecular complexity index is 377. The number of hydrogen-bond donors (Lipinski definition) is 1. The first-order valence-electron chi connectivity index (χ1n) is 6.15. The average Bonchev–Trinajstić information content (AvgIpc) is 2.61. The van der Waals surface area contributed by atoms with Crippen molar-refractivity contribution in [3.63, 3.8) is 0 Å². The highest BCUT2D eigenvalue weighted by Gasteiger charge is 2.29. The van der Waals surface area contributed by atoms with E-state index in [2.05, 4.69) is 24.1 Å². The van der Waals surface area contributed by atoms with E-state index in [9.17, 15) is 13.2 Å². The van der Waals surface area contributed by atoms with Crippen LogP contribution in [-0.4, -0.2) is 36.2 Å². The lowest BCUT2D eigenvalue weighted by molar-refractivity contribution is -0.144. The van der Waals surface area contributed by atoms with E-state index in [0.29, 0.717) is 18.2 Å². The summed E-state index contributed by atoms with van der Waals surface area (Å²) in [7, 11) is 1.45. The van der Waals surface area contributed by atoms with E-state index >= 15 is 0 Å². The maximum absolute atomic E-state index is 12.2. The highest BCUT2D eigenvalue weighted by molar-refractivity contribution is 7.09. The summed E-state index contributed by atoms with van der Waals surface area (Å²) in [5, 5.41) is 5.99. The molecule has 0 aromatic carbocycles. The SMILES string of the molecule is CC(C)CNCc1nc(CN(C)CC(F)(F)F)cs1. The normalized spacial score (nSPS) is 12.6. The lowest BCUT2D eigenvalue weighted by atomic mass is 10.2. The Morgan fingerprint density at radius 1 is 1.42 bits per heavy atom. The van der Waals surface area contributed by atoms with Gasteiger partial charge in [-0.3, -0.25) is 4.90 Å². The highest BCUT2D eigenvalue weighted by atomic mass is 32.1. The fourth-order valence-electron chi connectivity index (χ4n) is 1.61. The Labute approximate surface area is 115 Å². The van der Waals surface area contributed by atoms with E-state index in [-0.39, 0.29) is 6.54 Å². The van der Waals surface area contributed by atoms with Gasteiger partial charge in [0.15, 0.2) is 0 Å². The Kier molecular flexibility index (Phi) is 6.22. The third-order valence-electron chi connectivity index (χ3n) is 2.31. The number of rotatable bonds is 7. The molecular weight excluding hydrogens is 275 g/mol. The summed E-state index contributed by atoms with van der Waals surface area (Å²) in [6.07, 6.45) is -4.16. The van der Waals surface area contributed by atoms with Crippen molar-refractivity contribution in [1.82, 2.24) is 15.2 Å². The maximum atomic E-state index is 12.2. The second kappa shape index (κ2) is 7.21. The molecule has 0 spiro atoms. The number of aromatic nitrogens is 1. The molecule has 0 unspecified atom stereocenters. The van der Waals surface area contributed by atoms with Gasteiger partial charge in [0.1, 0.15) is 5.01 Å². The van der Waals surface area contributed by atoms with E-state index in [1.807, 2.05) is 5.38 Å². The molecule has 0 fully saturated rings. The number of nitrogens with one attached hydrogen (secondary N) is 1. The molecule has 1 heterocycles. The minimum atomic E-state index is -4.16. The largest absolute Gasteiger partial charge is 0.401 e. The zero-order valence-corrected chi connectivity index (χ0v) is 12.2. The number of hydrogen-bond acceptors (Lipinski definition) is 4. The predicted octanol–water partition coefficient (Wildman–Crippen LogP) is 2.88. The molecule has 0 amide bonds. The third-order valence-corrected chi connectivity index (χ3v) is 3.21. The van der Waals surface area contributed by atoms with Gasteiger partial charge in [-0.1, -0.05) is 13.8 Å². The van der Waals surface area contributed by atoms with Gasteiger partial charge >= 0.3 is 6.18 Å². The minimum Gasteiger partial charge on any atom is -0.310 e. The molecule has 0 radical (unpaired) electrons. The van der Waals surface area contributed by atoms with Crippen LogP contribution >= 0.6 is 11.3 Å². The van der Waals surface area contributed by atoms with Crippen molar-refractivity contribution in [2.24, 2.45) is 5.92 Å². The van der Waals surface area contributed by atoms with Gasteiger partial charge in [0.2, 0.25) is 0 Å². The van der Waals surface area contributed by atoms with Crippen LogP contribution in [0.25, 0.3) is 0 Å². The third kappa shape index (κ3) is 7.49. The van der Waals surface area contributed by atoms with Crippen LogP contribution in [0.1, 0.15) is 24.5 Å². The molecule has 1 aromatic rings. The first-order valence-corrected chi connectivity index (χ1v) is 7.03. The summed E-state index contributed by atoms with van der Waals surface area (Å²) in [5.74, 6) is 0.567. The molecule has 0 aliphatic heterocycles. The monoisotopic (exact) mass is 295 g/mol. The highest BCUT2D eigenvalue weighted by Crippen LogP contribution is 2.17. The van der Waals surface area contributed by atoms with Gasteiger partial charge in [-0.15, -0.1) is 11.3 Å². The average molecular weight is 295 g/mol. The molecule has 1 rings (SSSR count). The van der Waals surface area contributed by atoms with Crippen molar-refractivity contribution in [3.05, 3.63) is 16.1 Å². The molecule has 1 aromatic heterocycles. The van der Waals surface area contributed by atoms with Crippen LogP contribution in [-0.2, 0) is 13.1 Å². The maximum Gasteiger partial charge on any atom is 0.401 e. The fraction of sp³-hybridized carbons (Fsp3) is 0.750. The number of alkyl halides is 3. The van der Waals surface area contributed by atoms with Crippen molar-refractivity contribution < 1.29 is 13.2 Å². The van der Waals surface area contributed by atoms with Crippen LogP contribution < -0.4 is 5.32 Å². The van der Waals surface area contributed by atoms with Gasteiger partial charge < -0.3 is 5.32 Å². The summed E-state index contributed by atoms with van der Waals surface area (Å²) in [5.41, 5.74) is 0.693. The van der Waals surface area contributed by atoms with Gasteiger partial charge in [-0.25, -0.2) is 4.98 Å². The summed E-state index contributed by atoms with van der Waals surface area (Å²) >= 11 is 1.48. The molecule has 3 nitrogen and oxygen atoms in total. The van der Waals surface area contributed by atoms with Crippen molar-refractivity contribution >= 4 is 11.3 Å². The van der Waals surface area contributed by atoms with E-state index in [1.54, 1.807) is 0 Å². The first-order chi connectivity index (χ1) is 8.76. The van der Waals surface area contributed by atoms with Crippen molar-refractivity contribution in [3.8, 4) is 0 Å². The fourth-order valence-corrected chi connectivity index (χ4v) is 2.36. The molecule has 0 atom stereocenters. The number of thiazole rings is 1. The molecule has 0 aliphatic rings. The Morgan fingerprint density at radius 2 is 2.11 bits per heavy atom. The summed E-state index contributed by atoms with van der Waals surface area (Å²) in [6.45, 7) is 5.12. The zero-order valence-electron chi connectivity index (χ0n) is 11.4. The van der Waals surface area contributed by atoms with Gasteiger partial charge in [0.25, 0.3) is 0 Å². The van der Waals surface area contributed by atoms with Gasteiger partial charge in [0.05, 0.1) is 12.2 Å². The van der Waals surface area contributed by atoms with Crippen LogP contribution in [0, 0.1) is 5.92 Å². The van der Waals surface area contributed by atoms with Gasteiger partial charge in [0, 0.05) is 18.5 Å². The molecule has 19 heavy (non-hydrogen) atoms. The molecule has 7 heteroatoms. The topological polar surface area (TPSA) is 28.2 Å². The van der Waals surface area contributed by atoms with E-state index in [1.165, 1.54) is 23.3 Å². The van der Waals surface area contributed by atoms with Crippen LogP contribution in [0.2, 0.25) is 0 Å². The summed E-state index contributed by atoms with van der Waals surface area (Å²) < 4.78 is 36.6. The van der Waals surface area contributed by atoms with Gasteiger partial charge in [-0.05, 0) is 19.5 Å². The number of halogens is 3. The molecular formula is C12H20F3N3S. The predicted molar refractivity (Wildman–Crippen MR) is 71.0 cm³/mol. The Balaban J connectivity index is 2.38. The van der Waals surface area contributed by atoms with Gasteiger partial charge in [-0.2, -0.15) is 13.2 Å². The molecule has 110 valence electrons. The second-order valence-electron chi connectivity index (χ2n) is 5.04. The van der Waals surface area contributed by atoms with Crippen LogP contribution in [0.4, 0.5) is 13.2 Å². The molecule has 0 saturated carbocycles. The second-order valence-corrected chi connectivity index (χ2v) is 5.99. The molecule has 0 saturated heterocycles. The lowest BCUT2D eigenvalue weighted by Crippen LogP contribution is -2.30. The van der Waals surface area contributed by atoms with Crippen molar-refractivity contribution in [2.45, 2.75) is 33.1 Å². The summed E-state index contributed by atoms with van der Waals surface area (Å²) in [6, 6.07) is 0. The quantitative estimate of drug-likeness (QED) is 0.838. The van der Waals surface area contributed by atoms with Crippen LogP contribution in [0.3, 0.4) is 0 Å². The standard InChI is InChI=1S/C12H20F3N3S/c1-9(2)4-16-5-11-17-10(7-19-11)6-18(3)8-12(13,14)15/h7,9,16H,4-6,8H2,1-3H3. The summed E-state index contributed by atoms with van der Waals surface area (Å²) in [4.78, 5) is 5.55. The van der Waals surface area contributed by atoms with E-state index in [0.717, 1.165) is 11.6 Å². The Morgan fingerprint density at radius 3 is 2.68 bits per heavy atom. The van der Waals surface area contributed by atoms with E-state index in [4.69, 9.17) is 0 Å². The minimum absolute atomic E-state index is 0.222. The lowest BCUT2D eigenvalue weighted by Gasteiger charge is -2.16. The smallest absolute Gasteiger partial charge is 0.310 e. The molecule has 0 aliphatic carbocycles. The van der Waals surface area contributed by atoms with E-state index < -0.39 is 12.7 Å². The van der Waals surface area contributed by atoms with Crippen LogP contribution in [0.15, 0.2) is 5.38 Å². The van der Waals surface area contributed by atoms with Crippen molar-refractivity contribution in [2.75, 3.05) is 20.1 Å². The number of nitrogens with zero attached hydrogens (tertiary/aromatic N) is 2. The molecule has 0 bridgehead atoms. The van der Waals surface area contributed by atoms with Crippen LogP contribution in [0.5, 0.6) is 0 Å². The molecule has 1 N–H and O–H groups in total. The zero-order chi connectivity index (χ0) is 14.5. The Hall–Kier alpha value is -0.660. The first kappa shape index (κ1) is 16.4.